The van der Waals surface area contributed by atoms with Crippen LogP contribution in [0.2, 0.25) is 10.0 Å². The van der Waals surface area contributed by atoms with E-state index in [-0.39, 0.29) is 48.1 Å². The van der Waals surface area contributed by atoms with Gasteiger partial charge in [0.1, 0.15) is 59.1 Å². The van der Waals surface area contributed by atoms with Crippen LogP contribution in [0.25, 0.3) is 0 Å². The number of ketones is 1. The van der Waals surface area contributed by atoms with E-state index in [0.29, 0.717) is 52.6 Å². The normalized spacial score (nSPS) is 18.7. The molecule has 1 unspecified atom stereocenters. The van der Waals surface area contributed by atoms with Crippen LogP contribution in [-0.4, -0.2) is 42.4 Å². The predicted molar refractivity (Wildman–Crippen MR) is 179 cm³/mol. The van der Waals surface area contributed by atoms with Crippen molar-refractivity contribution in [2.24, 2.45) is 0 Å². The molecule has 0 spiro atoms. The van der Waals surface area contributed by atoms with Crippen LogP contribution < -0.4 is 33.5 Å². The van der Waals surface area contributed by atoms with Crippen molar-refractivity contribution in [3.8, 4) is 11.5 Å². The van der Waals surface area contributed by atoms with Crippen LogP contribution in [0.5, 0.6) is 11.5 Å². The second kappa shape index (κ2) is 16.7. The smallest absolute Gasteiger partial charge is 0.209 e. The van der Waals surface area contributed by atoms with Crippen LogP contribution in [0.4, 0.5) is 17.6 Å². The van der Waals surface area contributed by atoms with E-state index in [2.05, 4.69) is 0 Å². The van der Waals surface area contributed by atoms with Gasteiger partial charge in [0.15, 0.2) is 11.2 Å². The van der Waals surface area contributed by atoms with Gasteiger partial charge in [-0.25, -0.2) is 17.6 Å². The summed E-state index contributed by atoms with van der Waals surface area (Å²) >= 11 is 11.7. The van der Waals surface area contributed by atoms with E-state index < -0.39 is 55.8 Å². The molecule has 1 atom stereocenters. The molecule has 0 bridgehead atoms. The number of epoxide rings is 1. The minimum atomic E-state index is -1.42. The topological polar surface area (TPSA) is 65.1 Å². The summed E-state index contributed by atoms with van der Waals surface area (Å²) in [4.78, 5) is 12.4. The molecule has 0 amide bonds. The Morgan fingerprint density at radius 1 is 0.720 bits per heavy atom. The monoisotopic (exact) mass is 901 g/mol. The number of Topliss-reactive ketones (excluding diaryl/α,β-unsaturated/α-hetero) is 1. The summed E-state index contributed by atoms with van der Waals surface area (Å²) in [5.74, 6) is -2.08. The molecule has 3 aliphatic rings. The SMILES string of the molecule is C[S+](C)(C)=O.Fc1ccc(C2(C3(Oc4ccc(Cl)cc4)CC3)CO2)c(F)c1.O=C(c1ccc(F)cc1F)C1(Oc2ccc(Cl)cc2)CC1.[I-].[V]. The second-order valence-corrected chi connectivity index (χ2v) is 16.8. The van der Waals surface area contributed by atoms with Crippen LogP contribution in [-0.2, 0) is 43.0 Å². The summed E-state index contributed by atoms with van der Waals surface area (Å²) in [6.45, 7) is 0.378. The minimum absolute atomic E-state index is 0. The standard InChI is InChI=1S/C17H13ClF2O2.C16H11ClF2O2.C3H9OS.HI.V/c18-11-1-4-13(5-2-11)22-16(7-8-16)17(10-21-17)14-6-3-12(19)9-15(14)20;17-10-1-4-12(5-2-10)21-16(7-8-16)15(20)13-6-3-11(18)9-14(13)19;1-5(2,3)4;;/h1-6,9H,7-8,10H2;1-6,9H,7-8H2;1-3H3;1H;/q;;+1;;/p-1. The number of hydrogen-bond donors (Lipinski definition) is 0. The molecule has 0 N–H and O–H groups in total. The maximum absolute atomic E-state index is 14.1. The molecule has 1 saturated heterocycles. The Labute approximate surface area is 328 Å². The fourth-order valence-electron chi connectivity index (χ4n) is 5.12. The summed E-state index contributed by atoms with van der Waals surface area (Å²) in [6, 6.07) is 20.1. The molecule has 4 aromatic carbocycles. The second-order valence-electron chi connectivity index (χ2n) is 12.5. The molecule has 1 aliphatic heterocycles. The zero-order valence-corrected chi connectivity index (χ0v) is 33.0. The van der Waals surface area contributed by atoms with Crippen LogP contribution in [0.15, 0.2) is 84.9 Å². The summed E-state index contributed by atoms with van der Waals surface area (Å²) in [7, 11) is -1.42. The van der Waals surface area contributed by atoms with E-state index >= 15 is 0 Å². The number of ether oxygens (including phenoxy) is 3. The van der Waals surface area contributed by atoms with Gasteiger partial charge in [-0.15, -0.1) is 4.21 Å². The molecular formula is C36H33Cl2F4IO5SV. The van der Waals surface area contributed by atoms with E-state index in [0.717, 1.165) is 31.0 Å². The van der Waals surface area contributed by atoms with Crippen molar-refractivity contribution >= 4 is 38.9 Å². The van der Waals surface area contributed by atoms with E-state index in [1.807, 2.05) is 0 Å². The van der Waals surface area contributed by atoms with Gasteiger partial charge in [-0.05, 0) is 92.4 Å². The first-order valence-corrected chi connectivity index (χ1v) is 18.5. The third kappa shape index (κ3) is 10.5. The largest absolute Gasteiger partial charge is 1.00 e. The van der Waals surface area contributed by atoms with Crippen molar-refractivity contribution < 1.29 is 83.3 Å². The average Bonchev–Trinajstić information content (AvgIpc) is 3.87. The van der Waals surface area contributed by atoms with Crippen LogP contribution in [0.1, 0.15) is 41.6 Å². The number of carbonyl (C=O) groups is 1. The Hall–Kier alpha value is -2.13. The fourth-order valence-corrected chi connectivity index (χ4v) is 5.37. The number of halogens is 7. The number of hydrogen-bond acceptors (Lipinski definition) is 5. The van der Waals surface area contributed by atoms with Gasteiger partial charge >= 0.3 is 0 Å². The molecule has 1 radical (unpaired) electrons. The van der Waals surface area contributed by atoms with Gasteiger partial charge in [-0.1, -0.05) is 29.3 Å². The molecule has 3 fully saturated rings. The Morgan fingerprint density at radius 2 is 1.16 bits per heavy atom. The van der Waals surface area contributed by atoms with Crippen molar-refractivity contribution in [1.29, 1.82) is 0 Å². The van der Waals surface area contributed by atoms with Gasteiger partial charge in [-0.2, -0.15) is 0 Å². The van der Waals surface area contributed by atoms with Gasteiger partial charge in [-0.3, -0.25) is 4.79 Å². The average molecular weight is 902 g/mol. The molecule has 267 valence electrons. The quantitative estimate of drug-likeness (QED) is 0.0690. The van der Waals surface area contributed by atoms with E-state index in [4.69, 9.17) is 37.4 Å². The van der Waals surface area contributed by atoms with Gasteiger partial charge in [0.25, 0.3) is 0 Å². The zero-order valence-electron chi connectivity index (χ0n) is 27.2. The van der Waals surface area contributed by atoms with Gasteiger partial charge < -0.3 is 38.2 Å². The third-order valence-corrected chi connectivity index (χ3v) is 8.29. The van der Waals surface area contributed by atoms with Crippen molar-refractivity contribution in [1.82, 2.24) is 0 Å². The molecular weight excluding hydrogens is 869 g/mol. The summed E-state index contributed by atoms with van der Waals surface area (Å²) in [5.41, 5.74) is -2.24. The first-order chi connectivity index (χ1) is 22.5. The first kappa shape index (κ1) is 42.3. The van der Waals surface area contributed by atoms with Crippen molar-refractivity contribution in [2.45, 2.75) is 42.5 Å². The van der Waals surface area contributed by atoms with E-state index in [1.54, 1.807) is 67.3 Å². The van der Waals surface area contributed by atoms with Crippen LogP contribution in [0, 0.1) is 23.3 Å². The van der Waals surface area contributed by atoms with E-state index in [9.17, 15) is 26.6 Å². The molecule has 0 aromatic heterocycles. The van der Waals surface area contributed by atoms with Crippen LogP contribution >= 0.6 is 23.2 Å². The van der Waals surface area contributed by atoms with E-state index in [1.165, 1.54) is 12.1 Å². The Balaban J connectivity index is 0.000000231. The van der Waals surface area contributed by atoms with Crippen molar-refractivity contribution in [3.63, 3.8) is 0 Å². The minimum Gasteiger partial charge on any atom is -1.00 e. The fraction of sp³-hybridized carbons (Fsp3) is 0.306. The molecule has 2 saturated carbocycles. The predicted octanol–water partition coefficient (Wildman–Crippen LogP) is 6.24. The Kier molecular flexibility index (Phi) is 14.1. The Bertz CT molecular complexity index is 1840. The number of benzene rings is 4. The van der Waals surface area contributed by atoms with Crippen LogP contribution in [0.3, 0.4) is 0 Å². The van der Waals surface area contributed by atoms with Gasteiger partial charge in [0.05, 0.1) is 22.1 Å². The molecule has 4 aromatic rings. The first-order valence-electron chi connectivity index (χ1n) is 14.9. The molecule has 50 heavy (non-hydrogen) atoms. The third-order valence-electron chi connectivity index (χ3n) is 7.79. The molecule has 5 nitrogen and oxygen atoms in total. The van der Waals surface area contributed by atoms with Gasteiger partial charge in [0, 0.05) is 46.3 Å². The molecule has 1 heterocycles. The summed E-state index contributed by atoms with van der Waals surface area (Å²) in [6.07, 6.45) is 7.70. The maximum atomic E-state index is 14.1. The summed E-state index contributed by atoms with van der Waals surface area (Å²) in [5, 5.41) is 1.18. The summed E-state index contributed by atoms with van der Waals surface area (Å²) < 4.78 is 81.5. The van der Waals surface area contributed by atoms with Crippen molar-refractivity contribution in [3.05, 3.63) is 129 Å². The maximum Gasteiger partial charge on any atom is 0.209 e. The Morgan fingerprint density at radius 3 is 1.56 bits per heavy atom. The molecule has 14 heteroatoms. The number of carbonyl (C=O) groups excluding carboxylic acids is 1. The van der Waals surface area contributed by atoms with Crippen molar-refractivity contribution in [2.75, 3.05) is 25.4 Å². The molecule has 7 rings (SSSR count). The zero-order chi connectivity index (χ0) is 34.9. The number of rotatable bonds is 8. The molecule has 2 aliphatic carbocycles. The van der Waals surface area contributed by atoms with Gasteiger partial charge in [0.2, 0.25) is 5.78 Å².